The number of rotatable bonds is 2. The van der Waals surface area contributed by atoms with Crippen LogP contribution in [0.1, 0.15) is 15.9 Å². The van der Waals surface area contributed by atoms with Crippen molar-refractivity contribution in [2.45, 2.75) is 6.61 Å². The maximum absolute atomic E-state index is 12.6. The van der Waals surface area contributed by atoms with Crippen LogP contribution in [0, 0.1) is 0 Å². The van der Waals surface area contributed by atoms with Crippen LogP contribution in [0.15, 0.2) is 59.2 Å². The van der Waals surface area contributed by atoms with Crippen molar-refractivity contribution in [1.29, 1.82) is 0 Å². The molecular weight excluding hydrogens is 318 g/mol. The molecule has 4 heteroatoms. The zero-order valence-electron chi connectivity index (χ0n) is 10.6. The van der Waals surface area contributed by atoms with Crippen LogP contribution in [0.4, 0.5) is 0 Å². The first kappa shape index (κ1) is 13.1. The first-order chi connectivity index (χ1) is 9.70. The first-order valence-electron chi connectivity index (χ1n) is 6.21. The van der Waals surface area contributed by atoms with Crippen molar-refractivity contribution in [2.75, 3.05) is 0 Å². The van der Waals surface area contributed by atoms with Crippen molar-refractivity contribution in [3.05, 3.63) is 70.3 Å². The molecule has 0 radical (unpaired) electrons. The molecule has 0 spiro atoms. The third kappa shape index (κ3) is 2.17. The van der Waals surface area contributed by atoms with Gasteiger partial charge in [0, 0.05) is 27.2 Å². The molecule has 0 aliphatic carbocycles. The number of hydrogen-bond donors (Lipinski definition) is 1. The summed E-state index contributed by atoms with van der Waals surface area (Å²) in [6.45, 7) is -0.0822. The molecule has 1 aromatic heterocycles. The first-order valence-corrected chi connectivity index (χ1v) is 7.00. The second kappa shape index (κ2) is 5.23. The van der Waals surface area contributed by atoms with Gasteiger partial charge in [-0.3, -0.25) is 9.36 Å². The Balaban J connectivity index is 2.14. The Morgan fingerprint density at radius 1 is 1.10 bits per heavy atom. The highest BCUT2D eigenvalue weighted by Gasteiger charge is 2.14. The highest BCUT2D eigenvalue weighted by atomic mass is 79.9. The molecule has 3 aromatic rings. The van der Waals surface area contributed by atoms with Gasteiger partial charge in [0.2, 0.25) is 0 Å². The second-order valence-corrected chi connectivity index (χ2v) is 5.43. The number of carbonyl (C=O) groups excluding carboxylic acids is 1. The van der Waals surface area contributed by atoms with Crippen molar-refractivity contribution in [1.82, 2.24) is 4.57 Å². The molecule has 0 saturated heterocycles. The van der Waals surface area contributed by atoms with Gasteiger partial charge in [-0.1, -0.05) is 34.1 Å². The lowest BCUT2D eigenvalue weighted by atomic mass is 10.2. The molecule has 0 amide bonds. The van der Waals surface area contributed by atoms with Crippen molar-refractivity contribution >= 4 is 32.7 Å². The number of para-hydroxylation sites is 1. The summed E-state index contributed by atoms with van der Waals surface area (Å²) in [5, 5.41) is 10.3. The highest BCUT2D eigenvalue weighted by Crippen LogP contribution is 2.22. The summed E-state index contributed by atoms with van der Waals surface area (Å²) in [6, 6.07) is 14.8. The zero-order valence-corrected chi connectivity index (χ0v) is 12.2. The monoisotopic (exact) mass is 329 g/mol. The fourth-order valence-electron chi connectivity index (χ4n) is 2.28. The zero-order chi connectivity index (χ0) is 14.1. The molecular formula is C16H12BrNO2. The van der Waals surface area contributed by atoms with Crippen molar-refractivity contribution in [3.8, 4) is 0 Å². The van der Waals surface area contributed by atoms with Crippen LogP contribution >= 0.6 is 15.9 Å². The third-order valence-electron chi connectivity index (χ3n) is 3.27. The normalized spacial score (nSPS) is 10.9. The van der Waals surface area contributed by atoms with E-state index in [0.29, 0.717) is 5.56 Å². The number of aromatic nitrogens is 1. The minimum absolute atomic E-state index is 0.0822. The van der Waals surface area contributed by atoms with E-state index in [9.17, 15) is 9.90 Å². The molecule has 0 aliphatic heterocycles. The van der Waals surface area contributed by atoms with Gasteiger partial charge in [0.05, 0.1) is 12.1 Å². The predicted octanol–water partition coefficient (Wildman–Crippen LogP) is 3.58. The Hall–Kier alpha value is -1.91. The SMILES string of the molecule is O=C(c1ccc(Br)cc1)n1cc(CO)c2ccccc21. The average molecular weight is 330 g/mol. The molecule has 1 heterocycles. The number of benzene rings is 2. The van der Waals surface area contributed by atoms with E-state index in [2.05, 4.69) is 15.9 Å². The van der Waals surface area contributed by atoms with Crippen LogP contribution in [0.2, 0.25) is 0 Å². The molecule has 1 N–H and O–H groups in total. The number of halogens is 1. The van der Waals surface area contributed by atoms with Gasteiger partial charge in [-0.25, -0.2) is 0 Å². The van der Waals surface area contributed by atoms with Gasteiger partial charge in [0.15, 0.2) is 0 Å². The second-order valence-electron chi connectivity index (χ2n) is 4.51. The molecule has 0 atom stereocenters. The maximum atomic E-state index is 12.6. The molecule has 3 nitrogen and oxygen atoms in total. The van der Waals surface area contributed by atoms with Gasteiger partial charge in [-0.15, -0.1) is 0 Å². The van der Waals surface area contributed by atoms with Gasteiger partial charge in [-0.05, 0) is 30.3 Å². The number of hydrogen-bond acceptors (Lipinski definition) is 2. The van der Waals surface area contributed by atoms with Crippen molar-refractivity contribution < 1.29 is 9.90 Å². The van der Waals surface area contributed by atoms with Crippen LogP contribution in [0.25, 0.3) is 10.9 Å². The Morgan fingerprint density at radius 2 is 1.80 bits per heavy atom. The van der Waals surface area contributed by atoms with Gasteiger partial charge >= 0.3 is 0 Å². The quantitative estimate of drug-likeness (QED) is 0.780. The van der Waals surface area contributed by atoms with Crippen LogP contribution in [-0.2, 0) is 6.61 Å². The highest BCUT2D eigenvalue weighted by molar-refractivity contribution is 9.10. The molecule has 0 fully saturated rings. The Bertz CT molecular complexity index is 775. The van der Waals surface area contributed by atoms with Crippen molar-refractivity contribution in [2.24, 2.45) is 0 Å². The number of fused-ring (bicyclic) bond motifs is 1. The molecule has 100 valence electrons. The van der Waals surface area contributed by atoms with E-state index in [-0.39, 0.29) is 12.5 Å². The van der Waals surface area contributed by atoms with Crippen molar-refractivity contribution in [3.63, 3.8) is 0 Å². The molecule has 0 unspecified atom stereocenters. The number of carbonyl (C=O) groups is 1. The fraction of sp³-hybridized carbons (Fsp3) is 0.0625. The molecule has 0 bridgehead atoms. The third-order valence-corrected chi connectivity index (χ3v) is 3.80. The largest absolute Gasteiger partial charge is 0.392 e. The summed E-state index contributed by atoms with van der Waals surface area (Å²) in [4.78, 5) is 12.6. The maximum Gasteiger partial charge on any atom is 0.262 e. The summed E-state index contributed by atoms with van der Waals surface area (Å²) in [6.07, 6.45) is 1.70. The number of nitrogens with zero attached hydrogens (tertiary/aromatic N) is 1. The van der Waals surface area contributed by atoms with Gasteiger partial charge in [0.1, 0.15) is 0 Å². The smallest absolute Gasteiger partial charge is 0.262 e. The Kier molecular flexibility index (Phi) is 3.42. The summed E-state index contributed by atoms with van der Waals surface area (Å²) in [5.74, 6) is -0.103. The standard InChI is InChI=1S/C16H12BrNO2/c17-13-7-5-11(6-8-13)16(20)18-9-12(10-19)14-3-1-2-4-15(14)18/h1-9,19H,10H2. The van der Waals surface area contributed by atoms with Gasteiger partial charge < -0.3 is 5.11 Å². The lowest BCUT2D eigenvalue weighted by molar-refractivity contribution is 0.0964. The molecule has 2 aromatic carbocycles. The Labute approximate surface area is 124 Å². The number of aliphatic hydroxyl groups is 1. The van der Waals surface area contributed by atoms with Gasteiger partial charge in [0.25, 0.3) is 5.91 Å². The van der Waals surface area contributed by atoms with E-state index in [1.165, 1.54) is 0 Å². The molecule has 20 heavy (non-hydrogen) atoms. The van der Waals surface area contributed by atoms with Crippen LogP contribution < -0.4 is 0 Å². The van der Waals surface area contributed by atoms with E-state index >= 15 is 0 Å². The van der Waals surface area contributed by atoms with Crippen LogP contribution in [0.5, 0.6) is 0 Å². The summed E-state index contributed by atoms with van der Waals surface area (Å²) < 4.78 is 2.52. The Morgan fingerprint density at radius 3 is 2.50 bits per heavy atom. The molecule has 0 aliphatic rings. The van der Waals surface area contributed by atoms with Crippen LogP contribution in [0.3, 0.4) is 0 Å². The summed E-state index contributed by atoms with van der Waals surface area (Å²) >= 11 is 3.35. The van der Waals surface area contributed by atoms with Gasteiger partial charge in [-0.2, -0.15) is 0 Å². The molecule has 0 saturated carbocycles. The average Bonchev–Trinajstić information content (AvgIpc) is 2.86. The topological polar surface area (TPSA) is 42.2 Å². The fourth-order valence-corrected chi connectivity index (χ4v) is 2.54. The lowest BCUT2D eigenvalue weighted by Crippen LogP contribution is -2.10. The van der Waals surface area contributed by atoms with E-state index < -0.39 is 0 Å². The minimum atomic E-state index is -0.103. The lowest BCUT2D eigenvalue weighted by Gasteiger charge is -2.04. The minimum Gasteiger partial charge on any atom is -0.392 e. The number of aliphatic hydroxyl groups excluding tert-OH is 1. The summed E-state index contributed by atoms with van der Waals surface area (Å²) in [5.41, 5.74) is 2.17. The van der Waals surface area contributed by atoms with Crippen LogP contribution in [-0.4, -0.2) is 15.6 Å². The summed E-state index contributed by atoms with van der Waals surface area (Å²) in [7, 11) is 0. The van der Waals surface area contributed by atoms with E-state index in [4.69, 9.17) is 0 Å². The van der Waals surface area contributed by atoms with E-state index in [1.54, 1.807) is 22.9 Å². The predicted molar refractivity (Wildman–Crippen MR) is 81.7 cm³/mol. The molecule has 3 rings (SSSR count). The van der Waals surface area contributed by atoms with E-state index in [0.717, 1.165) is 20.9 Å². The van der Waals surface area contributed by atoms with E-state index in [1.807, 2.05) is 36.4 Å².